The predicted molar refractivity (Wildman–Crippen MR) is 118 cm³/mol. The van der Waals surface area contributed by atoms with Crippen LogP contribution in [0.25, 0.3) is 0 Å². The molecular weight excluding hydrogens is 394 g/mol. The van der Waals surface area contributed by atoms with Crippen LogP contribution in [0.4, 0.5) is 5.69 Å². The normalized spacial score (nSPS) is 16.2. The van der Waals surface area contributed by atoms with E-state index in [2.05, 4.69) is 0 Å². The van der Waals surface area contributed by atoms with Gasteiger partial charge in [0.05, 0.1) is 23.8 Å². The fourth-order valence-corrected chi connectivity index (χ4v) is 3.63. The monoisotopic (exact) mass is 421 g/mol. The van der Waals surface area contributed by atoms with Crippen molar-refractivity contribution in [3.8, 4) is 0 Å². The first-order valence-electron chi connectivity index (χ1n) is 10.4. The van der Waals surface area contributed by atoms with Gasteiger partial charge in [0.15, 0.2) is 11.5 Å². The minimum absolute atomic E-state index is 0.0945. The van der Waals surface area contributed by atoms with Gasteiger partial charge in [0.25, 0.3) is 5.91 Å². The third kappa shape index (κ3) is 4.38. The predicted octanol–water partition coefficient (Wildman–Crippen LogP) is 4.69. The van der Waals surface area contributed by atoms with Crippen LogP contribution in [0.5, 0.6) is 0 Å². The van der Waals surface area contributed by atoms with Crippen molar-refractivity contribution in [2.75, 3.05) is 11.5 Å². The Bertz CT molecular complexity index is 1040. The molecule has 1 heterocycles. The lowest BCUT2D eigenvalue weighted by molar-refractivity contribution is -0.119. The number of carbonyl (C=O) groups is 3. The number of aliphatic hydroxyl groups is 1. The number of hydrogen-bond acceptors (Lipinski definition) is 5. The largest absolute Gasteiger partial charge is 0.503 e. The van der Waals surface area contributed by atoms with Gasteiger partial charge < -0.3 is 9.84 Å². The molecule has 6 nitrogen and oxygen atoms in total. The summed E-state index contributed by atoms with van der Waals surface area (Å²) < 4.78 is 5.15. The molecule has 2 aromatic rings. The number of aryl methyl sites for hydroxylation is 1. The summed E-state index contributed by atoms with van der Waals surface area (Å²) in [6.45, 7) is 7.64. The van der Waals surface area contributed by atoms with Gasteiger partial charge in [-0.25, -0.2) is 4.79 Å². The number of aliphatic hydroxyl groups excluding tert-OH is 1. The molecule has 0 saturated heterocycles. The topological polar surface area (TPSA) is 83.9 Å². The van der Waals surface area contributed by atoms with Gasteiger partial charge >= 0.3 is 5.97 Å². The van der Waals surface area contributed by atoms with E-state index in [9.17, 15) is 19.5 Å². The van der Waals surface area contributed by atoms with Crippen LogP contribution in [0.2, 0.25) is 0 Å². The van der Waals surface area contributed by atoms with Crippen LogP contribution in [-0.4, -0.2) is 29.4 Å². The van der Waals surface area contributed by atoms with E-state index in [-0.39, 0.29) is 17.3 Å². The van der Waals surface area contributed by atoms with Gasteiger partial charge in [-0.05, 0) is 43.2 Å². The maximum atomic E-state index is 13.0. The van der Waals surface area contributed by atoms with E-state index in [1.165, 1.54) is 4.90 Å². The lowest BCUT2D eigenvalue weighted by Crippen LogP contribution is -2.31. The second kappa shape index (κ2) is 9.16. The van der Waals surface area contributed by atoms with Crippen molar-refractivity contribution in [2.45, 2.75) is 40.2 Å². The molecular formula is C25H27NO5. The van der Waals surface area contributed by atoms with Crippen molar-refractivity contribution in [1.29, 1.82) is 0 Å². The molecule has 3 rings (SSSR count). The first-order chi connectivity index (χ1) is 14.8. The number of rotatable bonds is 7. The summed E-state index contributed by atoms with van der Waals surface area (Å²) in [7, 11) is 0. The molecule has 6 heteroatoms. The quantitative estimate of drug-likeness (QED) is 0.656. The van der Waals surface area contributed by atoms with Crippen LogP contribution in [0.15, 0.2) is 59.9 Å². The molecule has 0 radical (unpaired) electrons. The zero-order valence-electron chi connectivity index (χ0n) is 18.2. The minimum atomic E-state index is -0.750. The van der Waals surface area contributed by atoms with E-state index in [1.54, 1.807) is 38.1 Å². The molecule has 2 aromatic carbocycles. The average Bonchev–Trinajstić information content (AvgIpc) is 3.02. The SMILES string of the molecule is CCCOC(=O)c1ccc(N2C(=O)C(O)=C(C(=O)C(C)C)C2c2cccc(C)c2)cc1. The maximum Gasteiger partial charge on any atom is 0.338 e. The number of Topliss-reactive ketones (excluding diaryl/α,β-unsaturated/α-hetero) is 1. The molecule has 0 fully saturated rings. The highest BCUT2D eigenvalue weighted by molar-refractivity contribution is 6.17. The van der Waals surface area contributed by atoms with Crippen LogP contribution >= 0.6 is 0 Å². The van der Waals surface area contributed by atoms with E-state index in [4.69, 9.17) is 4.74 Å². The van der Waals surface area contributed by atoms with Crippen LogP contribution in [-0.2, 0) is 14.3 Å². The second-order valence-corrected chi connectivity index (χ2v) is 7.96. The first kappa shape index (κ1) is 22.3. The first-order valence-corrected chi connectivity index (χ1v) is 10.4. The van der Waals surface area contributed by atoms with Gasteiger partial charge in [-0.3, -0.25) is 14.5 Å². The number of esters is 1. The van der Waals surface area contributed by atoms with Crippen LogP contribution in [0.3, 0.4) is 0 Å². The molecule has 31 heavy (non-hydrogen) atoms. The number of benzene rings is 2. The van der Waals surface area contributed by atoms with Gasteiger partial charge in [-0.2, -0.15) is 0 Å². The van der Waals surface area contributed by atoms with Crippen molar-refractivity contribution >= 4 is 23.3 Å². The highest BCUT2D eigenvalue weighted by Crippen LogP contribution is 2.42. The Labute approximate surface area is 182 Å². The Hall–Kier alpha value is -3.41. The van der Waals surface area contributed by atoms with Gasteiger partial charge in [0.1, 0.15) is 0 Å². The number of anilines is 1. The van der Waals surface area contributed by atoms with E-state index in [1.807, 2.05) is 38.1 Å². The average molecular weight is 421 g/mol. The Morgan fingerprint density at radius 1 is 1.13 bits per heavy atom. The minimum Gasteiger partial charge on any atom is -0.503 e. The highest BCUT2D eigenvalue weighted by Gasteiger charge is 2.44. The lowest BCUT2D eigenvalue weighted by Gasteiger charge is -2.27. The number of nitrogens with zero attached hydrogens (tertiary/aromatic N) is 1. The van der Waals surface area contributed by atoms with Gasteiger partial charge in [0.2, 0.25) is 0 Å². The molecule has 1 N–H and O–H groups in total. The molecule has 0 aliphatic carbocycles. The summed E-state index contributed by atoms with van der Waals surface area (Å²) in [4.78, 5) is 39.5. The molecule has 162 valence electrons. The number of amides is 1. The fourth-order valence-electron chi connectivity index (χ4n) is 3.63. The number of ketones is 1. The summed E-state index contributed by atoms with van der Waals surface area (Å²) >= 11 is 0. The van der Waals surface area contributed by atoms with Crippen molar-refractivity contribution in [1.82, 2.24) is 0 Å². The summed E-state index contributed by atoms with van der Waals surface area (Å²) in [6, 6.07) is 13.2. The lowest BCUT2D eigenvalue weighted by atomic mass is 9.90. The molecule has 1 amide bonds. The van der Waals surface area contributed by atoms with E-state index in [0.29, 0.717) is 17.9 Å². The molecule has 0 aromatic heterocycles. The van der Waals surface area contributed by atoms with Gasteiger partial charge in [-0.15, -0.1) is 0 Å². The highest BCUT2D eigenvalue weighted by atomic mass is 16.5. The molecule has 0 saturated carbocycles. The number of carbonyl (C=O) groups excluding carboxylic acids is 3. The zero-order chi connectivity index (χ0) is 22.7. The summed E-state index contributed by atoms with van der Waals surface area (Å²) in [5.74, 6) is -2.27. The van der Waals surface area contributed by atoms with Gasteiger partial charge in [-0.1, -0.05) is 50.6 Å². The summed E-state index contributed by atoms with van der Waals surface area (Å²) in [5, 5.41) is 10.6. The van der Waals surface area contributed by atoms with E-state index < -0.39 is 23.7 Å². The standard InChI is InChI=1S/C25H27NO5/c1-5-13-31-25(30)17-9-11-19(12-10-17)26-21(18-8-6-7-16(4)14-18)20(22(27)15(2)3)23(28)24(26)29/h6-12,14-15,21,28H,5,13H2,1-4H3. The number of hydrogen-bond donors (Lipinski definition) is 1. The molecule has 0 spiro atoms. The molecule has 1 aliphatic rings. The third-order valence-electron chi connectivity index (χ3n) is 5.17. The Balaban J connectivity index is 2.05. The van der Waals surface area contributed by atoms with E-state index in [0.717, 1.165) is 17.5 Å². The summed E-state index contributed by atoms with van der Waals surface area (Å²) in [6.07, 6.45) is 0.724. The van der Waals surface area contributed by atoms with Crippen molar-refractivity contribution in [3.63, 3.8) is 0 Å². The summed E-state index contributed by atoms with van der Waals surface area (Å²) in [5.41, 5.74) is 2.64. The number of ether oxygens (including phenoxy) is 1. The fraction of sp³-hybridized carbons (Fsp3) is 0.320. The van der Waals surface area contributed by atoms with Gasteiger partial charge in [0, 0.05) is 11.6 Å². The zero-order valence-corrected chi connectivity index (χ0v) is 18.2. The second-order valence-electron chi connectivity index (χ2n) is 7.96. The van der Waals surface area contributed by atoms with Crippen LogP contribution in [0, 0.1) is 12.8 Å². The molecule has 1 aliphatic heterocycles. The van der Waals surface area contributed by atoms with Crippen molar-refractivity contribution in [3.05, 3.63) is 76.6 Å². The molecule has 1 unspecified atom stereocenters. The molecule has 0 bridgehead atoms. The Morgan fingerprint density at radius 2 is 1.81 bits per heavy atom. The molecule has 1 atom stereocenters. The third-order valence-corrected chi connectivity index (χ3v) is 5.17. The van der Waals surface area contributed by atoms with Crippen molar-refractivity contribution < 1.29 is 24.2 Å². The smallest absolute Gasteiger partial charge is 0.338 e. The van der Waals surface area contributed by atoms with E-state index >= 15 is 0 Å². The van der Waals surface area contributed by atoms with Crippen LogP contribution in [0.1, 0.15) is 54.7 Å². The van der Waals surface area contributed by atoms with Crippen LogP contribution < -0.4 is 4.90 Å². The maximum absolute atomic E-state index is 13.0. The Morgan fingerprint density at radius 3 is 2.39 bits per heavy atom. The Kier molecular flexibility index (Phi) is 6.59. The van der Waals surface area contributed by atoms with Crippen molar-refractivity contribution in [2.24, 2.45) is 5.92 Å².